The molecule has 0 spiro atoms. The van der Waals surface area contributed by atoms with Crippen LogP contribution in [0.1, 0.15) is 5.56 Å². The number of hydrogen-bond acceptors (Lipinski definition) is 4. The Labute approximate surface area is 115 Å². The number of ether oxygens (including phenoxy) is 1. The number of halogens is 1. The van der Waals surface area contributed by atoms with Crippen LogP contribution >= 0.6 is 0 Å². The molecule has 0 fully saturated rings. The molecule has 0 aromatic heterocycles. The molecule has 20 heavy (non-hydrogen) atoms. The molecule has 5 nitrogen and oxygen atoms in total. The number of nitrogens with one attached hydrogen (secondary N) is 1. The van der Waals surface area contributed by atoms with Gasteiger partial charge >= 0.3 is 0 Å². The zero-order valence-corrected chi connectivity index (χ0v) is 10.8. The van der Waals surface area contributed by atoms with E-state index in [-0.39, 0.29) is 11.5 Å². The Morgan fingerprint density at radius 2 is 1.95 bits per heavy atom. The molecule has 0 aliphatic heterocycles. The number of methoxy groups -OCH3 is 1. The maximum atomic E-state index is 12.8. The summed E-state index contributed by atoms with van der Waals surface area (Å²) in [5, 5.41) is 13.9. The van der Waals surface area contributed by atoms with Gasteiger partial charge in [0.2, 0.25) is 0 Å². The quantitative estimate of drug-likeness (QED) is 0.671. The number of non-ortho nitro benzene ring substituents is 1. The SMILES string of the molecule is COc1cc(CNc2ccc(F)cc2)cc([N+](=O)[O-])c1. The van der Waals surface area contributed by atoms with Crippen molar-refractivity contribution < 1.29 is 14.1 Å². The Balaban J connectivity index is 2.14. The van der Waals surface area contributed by atoms with E-state index in [9.17, 15) is 14.5 Å². The van der Waals surface area contributed by atoms with Gasteiger partial charge in [-0.2, -0.15) is 0 Å². The second-order valence-corrected chi connectivity index (χ2v) is 4.16. The number of rotatable bonds is 5. The van der Waals surface area contributed by atoms with Gasteiger partial charge in [-0.05, 0) is 35.9 Å². The molecule has 2 aromatic carbocycles. The molecule has 104 valence electrons. The summed E-state index contributed by atoms with van der Waals surface area (Å²) in [4.78, 5) is 10.4. The third-order valence-electron chi connectivity index (χ3n) is 2.74. The van der Waals surface area contributed by atoms with Crippen LogP contribution in [0.3, 0.4) is 0 Å². The molecule has 0 saturated carbocycles. The van der Waals surface area contributed by atoms with E-state index in [0.717, 1.165) is 5.69 Å². The summed E-state index contributed by atoms with van der Waals surface area (Å²) >= 11 is 0. The van der Waals surface area contributed by atoms with E-state index in [0.29, 0.717) is 17.9 Å². The third kappa shape index (κ3) is 3.44. The van der Waals surface area contributed by atoms with Gasteiger partial charge in [0.15, 0.2) is 0 Å². The highest BCUT2D eigenvalue weighted by molar-refractivity contribution is 5.47. The van der Waals surface area contributed by atoms with Gasteiger partial charge in [-0.1, -0.05) is 0 Å². The van der Waals surface area contributed by atoms with Gasteiger partial charge in [0.05, 0.1) is 18.1 Å². The van der Waals surface area contributed by atoms with Crippen LogP contribution in [0.25, 0.3) is 0 Å². The van der Waals surface area contributed by atoms with Crippen LogP contribution in [-0.4, -0.2) is 12.0 Å². The first-order chi connectivity index (χ1) is 9.58. The fraction of sp³-hybridized carbons (Fsp3) is 0.143. The summed E-state index contributed by atoms with van der Waals surface area (Å²) in [6.45, 7) is 0.379. The number of anilines is 1. The van der Waals surface area contributed by atoms with Gasteiger partial charge in [-0.25, -0.2) is 4.39 Å². The van der Waals surface area contributed by atoms with Gasteiger partial charge < -0.3 is 10.1 Å². The largest absolute Gasteiger partial charge is 0.496 e. The van der Waals surface area contributed by atoms with Crippen LogP contribution in [0.2, 0.25) is 0 Å². The van der Waals surface area contributed by atoms with Gasteiger partial charge in [0, 0.05) is 18.3 Å². The first-order valence-electron chi connectivity index (χ1n) is 5.90. The number of nitrogens with zero attached hydrogens (tertiary/aromatic N) is 1. The molecule has 0 saturated heterocycles. The first kappa shape index (κ1) is 13.8. The summed E-state index contributed by atoms with van der Waals surface area (Å²) in [5.74, 6) is 0.114. The molecule has 0 unspecified atom stereocenters. The van der Waals surface area contributed by atoms with Crippen molar-refractivity contribution in [2.75, 3.05) is 12.4 Å². The van der Waals surface area contributed by atoms with Gasteiger partial charge in [0.1, 0.15) is 11.6 Å². The lowest BCUT2D eigenvalue weighted by atomic mass is 10.2. The number of nitro groups is 1. The van der Waals surface area contributed by atoms with Crippen molar-refractivity contribution in [3.05, 3.63) is 64.0 Å². The fourth-order valence-electron chi connectivity index (χ4n) is 1.74. The maximum absolute atomic E-state index is 12.8. The van der Waals surface area contributed by atoms with Crippen LogP contribution < -0.4 is 10.1 Å². The summed E-state index contributed by atoms with van der Waals surface area (Å²) < 4.78 is 17.8. The first-order valence-corrected chi connectivity index (χ1v) is 5.90. The number of nitro benzene ring substituents is 1. The predicted molar refractivity (Wildman–Crippen MR) is 73.4 cm³/mol. The van der Waals surface area contributed by atoms with Crippen molar-refractivity contribution in [1.29, 1.82) is 0 Å². The average Bonchev–Trinajstić information content (AvgIpc) is 2.46. The molecular weight excluding hydrogens is 263 g/mol. The highest BCUT2D eigenvalue weighted by Gasteiger charge is 2.10. The van der Waals surface area contributed by atoms with Crippen LogP contribution in [-0.2, 0) is 6.54 Å². The number of hydrogen-bond donors (Lipinski definition) is 1. The van der Waals surface area contributed by atoms with Crippen molar-refractivity contribution in [3.63, 3.8) is 0 Å². The molecule has 0 heterocycles. The predicted octanol–water partition coefficient (Wildman–Crippen LogP) is 3.35. The zero-order valence-electron chi connectivity index (χ0n) is 10.8. The standard InChI is InChI=1S/C14H13FN2O3/c1-20-14-7-10(6-13(8-14)17(18)19)9-16-12-4-2-11(15)3-5-12/h2-8,16H,9H2,1H3. The Kier molecular flexibility index (Phi) is 4.14. The molecule has 2 rings (SSSR count). The lowest BCUT2D eigenvalue weighted by molar-refractivity contribution is -0.385. The van der Waals surface area contributed by atoms with E-state index in [1.807, 2.05) is 0 Å². The maximum Gasteiger partial charge on any atom is 0.273 e. The van der Waals surface area contributed by atoms with Crippen molar-refractivity contribution in [2.24, 2.45) is 0 Å². The van der Waals surface area contributed by atoms with E-state index < -0.39 is 4.92 Å². The van der Waals surface area contributed by atoms with Gasteiger partial charge in [0.25, 0.3) is 5.69 Å². The molecule has 0 radical (unpaired) electrons. The highest BCUT2D eigenvalue weighted by Crippen LogP contribution is 2.23. The topological polar surface area (TPSA) is 64.4 Å². The summed E-state index contributed by atoms with van der Waals surface area (Å²) in [7, 11) is 1.45. The molecular formula is C14H13FN2O3. The van der Waals surface area contributed by atoms with Crippen LogP contribution in [0.4, 0.5) is 15.8 Å². The second-order valence-electron chi connectivity index (χ2n) is 4.16. The van der Waals surface area contributed by atoms with Crippen LogP contribution in [0.15, 0.2) is 42.5 Å². The molecule has 0 aliphatic carbocycles. The zero-order chi connectivity index (χ0) is 14.5. The summed E-state index contributed by atoms with van der Waals surface area (Å²) in [6.07, 6.45) is 0. The lowest BCUT2D eigenvalue weighted by Gasteiger charge is -2.08. The van der Waals surface area contributed by atoms with Crippen molar-refractivity contribution >= 4 is 11.4 Å². The minimum absolute atomic E-state index is 0.0275. The van der Waals surface area contributed by atoms with E-state index in [1.165, 1.54) is 31.4 Å². The van der Waals surface area contributed by atoms with E-state index >= 15 is 0 Å². The molecule has 0 aliphatic rings. The van der Waals surface area contributed by atoms with E-state index in [1.54, 1.807) is 18.2 Å². The third-order valence-corrected chi connectivity index (χ3v) is 2.74. The molecule has 0 bridgehead atoms. The monoisotopic (exact) mass is 276 g/mol. The van der Waals surface area contributed by atoms with Crippen LogP contribution in [0.5, 0.6) is 5.75 Å². The minimum Gasteiger partial charge on any atom is -0.496 e. The lowest BCUT2D eigenvalue weighted by Crippen LogP contribution is -2.01. The Morgan fingerprint density at radius 1 is 1.25 bits per heavy atom. The Morgan fingerprint density at radius 3 is 2.55 bits per heavy atom. The average molecular weight is 276 g/mol. The molecule has 0 amide bonds. The van der Waals surface area contributed by atoms with Crippen molar-refractivity contribution in [1.82, 2.24) is 0 Å². The van der Waals surface area contributed by atoms with E-state index in [4.69, 9.17) is 4.74 Å². The number of benzene rings is 2. The molecule has 0 atom stereocenters. The van der Waals surface area contributed by atoms with Crippen molar-refractivity contribution in [3.8, 4) is 5.75 Å². The van der Waals surface area contributed by atoms with Gasteiger partial charge in [-0.15, -0.1) is 0 Å². The fourth-order valence-corrected chi connectivity index (χ4v) is 1.74. The van der Waals surface area contributed by atoms with Crippen LogP contribution in [0, 0.1) is 15.9 Å². The summed E-state index contributed by atoms with van der Waals surface area (Å²) in [6, 6.07) is 10.4. The van der Waals surface area contributed by atoms with Crippen molar-refractivity contribution in [2.45, 2.75) is 6.54 Å². The normalized spacial score (nSPS) is 10.1. The van der Waals surface area contributed by atoms with Gasteiger partial charge in [-0.3, -0.25) is 10.1 Å². The smallest absolute Gasteiger partial charge is 0.273 e. The molecule has 6 heteroatoms. The second kappa shape index (κ2) is 6.01. The summed E-state index contributed by atoms with van der Waals surface area (Å²) in [5.41, 5.74) is 1.41. The molecule has 1 N–H and O–H groups in total. The Bertz CT molecular complexity index is 614. The minimum atomic E-state index is -0.468. The Hall–Kier alpha value is -2.63. The highest BCUT2D eigenvalue weighted by atomic mass is 19.1. The van der Waals surface area contributed by atoms with E-state index in [2.05, 4.69) is 5.32 Å². The molecule has 2 aromatic rings.